The molecule has 0 aliphatic heterocycles. The van der Waals surface area contributed by atoms with E-state index in [2.05, 4.69) is 10.6 Å². The minimum absolute atomic E-state index is 0.712. The Balaban J connectivity index is 4.52. The predicted octanol–water partition coefficient (Wildman–Crippen LogP) is -0.587. The molecule has 0 aliphatic rings. The zero-order valence-corrected chi connectivity index (χ0v) is 9.75. The first-order valence-electron chi connectivity index (χ1n) is 4.62. The number of carbonyl (C=O) groups is 3. The number of amides is 3. The van der Waals surface area contributed by atoms with Crippen molar-refractivity contribution in [2.45, 2.75) is 38.8 Å². The van der Waals surface area contributed by atoms with E-state index in [1.54, 1.807) is 0 Å². The van der Waals surface area contributed by atoms with Crippen LogP contribution in [-0.2, 0) is 9.59 Å². The molecule has 0 radical (unpaired) electrons. The number of nitrogens with one attached hydrogen (secondary N) is 2. The zero-order chi connectivity index (χ0) is 13.1. The van der Waals surface area contributed by atoms with Gasteiger partial charge >= 0.3 is 12.0 Å². The Morgan fingerprint density at radius 1 is 1.00 bits per heavy atom. The number of nitrogens with two attached hydrogens (primary N) is 1. The number of rotatable bonds is 4. The molecule has 92 valence electrons. The van der Waals surface area contributed by atoms with Crippen molar-refractivity contribution in [3.63, 3.8) is 0 Å². The molecule has 0 unspecified atom stereocenters. The van der Waals surface area contributed by atoms with E-state index < -0.39 is 29.0 Å². The van der Waals surface area contributed by atoms with Crippen LogP contribution < -0.4 is 16.4 Å². The Labute approximate surface area is 93.4 Å². The predicted molar refractivity (Wildman–Crippen MR) is 56.7 cm³/mol. The fourth-order valence-electron chi connectivity index (χ4n) is 0.714. The molecule has 0 aromatic heterocycles. The lowest BCUT2D eigenvalue weighted by Crippen LogP contribution is -2.60. The number of carboxylic acid groups (broad SMARTS) is 1. The number of aliphatic carboxylic acids is 1. The lowest BCUT2D eigenvalue weighted by atomic mass is 10.0. The summed E-state index contributed by atoms with van der Waals surface area (Å²) in [5.41, 5.74) is 2.39. The quantitative estimate of drug-likeness (QED) is 0.516. The fourth-order valence-corrected chi connectivity index (χ4v) is 0.714. The first kappa shape index (κ1) is 14.2. The fraction of sp³-hybridized carbons (Fsp3) is 0.667. The van der Waals surface area contributed by atoms with Gasteiger partial charge in [-0.15, -0.1) is 0 Å². The van der Waals surface area contributed by atoms with Crippen LogP contribution in [-0.4, -0.2) is 34.1 Å². The van der Waals surface area contributed by atoms with E-state index in [0.29, 0.717) is 0 Å². The summed E-state index contributed by atoms with van der Waals surface area (Å²) in [6.45, 7) is 5.49. The highest BCUT2D eigenvalue weighted by Gasteiger charge is 2.32. The second kappa shape index (κ2) is 4.38. The van der Waals surface area contributed by atoms with Crippen molar-refractivity contribution < 1.29 is 19.5 Å². The average Bonchev–Trinajstić information content (AvgIpc) is 2.00. The highest BCUT2D eigenvalue weighted by atomic mass is 16.4. The van der Waals surface area contributed by atoms with E-state index in [4.69, 9.17) is 10.8 Å². The van der Waals surface area contributed by atoms with Crippen molar-refractivity contribution in [1.82, 2.24) is 10.6 Å². The van der Waals surface area contributed by atoms with Gasteiger partial charge in [0.05, 0.1) is 0 Å². The van der Waals surface area contributed by atoms with E-state index in [1.807, 2.05) is 0 Å². The molecule has 0 bridgehead atoms. The summed E-state index contributed by atoms with van der Waals surface area (Å²) in [5, 5.41) is 13.3. The maximum Gasteiger partial charge on any atom is 0.328 e. The van der Waals surface area contributed by atoms with Crippen LogP contribution in [0.2, 0.25) is 0 Å². The molecule has 0 saturated carbocycles. The lowest BCUT2D eigenvalue weighted by Gasteiger charge is -2.26. The van der Waals surface area contributed by atoms with Gasteiger partial charge in [-0.3, -0.25) is 4.79 Å². The van der Waals surface area contributed by atoms with Crippen molar-refractivity contribution in [3.05, 3.63) is 0 Å². The summed E-state index contributed by atoms with van der Waals surface area (Å²) < 4.78 is 0. The Morgan fingerprint density at radius 3 is 1.69 bits per heavy atom. The van der Waals surface area contributed by atoms with Crippen LogP contribution in [0.25, 0.3) is 0 Å². The number of carbonyl (C=O) groups excluding carboxylic acids is 2. The molecule has 0 atom stereocenters. The average molecular weight is 231 g/mol. The first-order valence-corrected chi connectivity index (χ1v) is 4.62. The first-order chi connectivity index (χ1) is 6.99. The van der Waals surface area contributed by atoms with Crippen LogP contribution in [0, 0.1) is 0 Å². The van der Waals surface area contributed by atoms with Crippen molar-refractivity contribution in [2.75, 3.05) is 0 Å². The molecular formula is C9H17N3O4. The minimum Gasteiger partial charge on any atom is -0.480 e. The van der Waals surface area contributed by atoms with E-state index >= 15 is 0 Å². The third-order valence-electron chi connectivity index (χ3n) is 2.00. The Bertz CT molecular complexity index is 293. The summed E-state index contributed by atoms with van der Waals surface area (Å²) in [6, 6.07) is -0.767. The number of primary amides is 1. The van der Waals surface area contributed by atoms with Crippen molar-refractivity contribution in [3.8, 4) is 0 Å². The second-order valence-electron chi connectivity index (χ2n) is 4.50. The molecule has 0 aromatic rings. The zero-order valence-electron chi connectivity index (χ0n) is 9.75. The molecule has 0 aromatic carbocycles. The Kier molecular flexibility index (Phi) is 3.89. The number of hydrogen-bond donors (Lipinski definition) is 4. The van der Waals surface area contributed by atoms with Crippen molar-refractivity contribution >= 4 is 17.9 Å². The largest absolute Gasteiger partial charge is 0.480 e. The van der Waals surface area contributed by atoms with E-state index in [0.717, 1.165) is 0 Å². The summed E-state index contributed by atoms with van der Waals surface area (Å²) in [7, 11) is 0. The van der Waals surface area contributed by atoms with E-state index in [1.165, 1.54) is 27.7 Å². The molecule has 16 heavy (non-hydrogen) atoms. The van der Waals surface area contributed by atoms with Crippen LogP contribution in [0.4, 0.5) is 4.79 Å². The maximum absolute atomic E-state index is 11.4. The molecule has 0 saturated heterocycles. The molecule has 0 rings (SSSR count). The summed E-state index contributed by atoms with van der Waals surface area (Å²) in [4.78, 5) is 33.0. The molecule has 7 nitrogen and oxygen atoms in total. The molecular weight excluding hydrogens is 214 g/mol. The molecule has 0 heterocycles. The normalized spacial score (nSPS) is 11.8. The highest BCUT2D eigenvalue weighted by Crippen LogP contribution is 2.04. The van der Waals surface area contributed by atoms with Gasteiger partial charge in [0.25, 0.3) is 0 Å². The topological polar surface area (TPSA) is 122 Å². The minimum atomic E-state index is -1.42. The van der Waals surface area contributed by atoms with Crippen molar-refractivity contribution in [1.29, 1.82) is 0 Å². The standard InChI is InChI=1S/C9H17N3O4/c1-8(2,5(10)13)11-7(16)12-9(3,4)6(14)15/h1-4H3,(H2,10,13)(H,14,15)(H2,11,12,16). The highest BCUT2D eigenvalue weighted by molar-refractivity contribution is 5.91. The number of urea groups is 1. The molecule has 3 amide bonds. The summed E-state index contributed by atoms with van der Waals surface area (Å²) in [5.74, 6) is -1.89. The lowest BCUT2D eigenvalue weighted by molar-refractivity contribution is -0.142. The second-order valence-corrected chi connectivity index (χ2v) is 4.50. The molecule has 5 N–H and O–H groups in total. The van der Waals surface area contributed by atoms with E-state index in [9.17, 15) is 14.4 Å². The smallest absolute Gasteiger partial charge is 0.328 e. The van der Waals surface area contributed by atoms with Gasteiger partial charge in [-0.25, -0.2) is 9.59 Å². The molecule has 0 aliphatic carbocycles. The van der Waals surface area contributed by atoms with Crippen LogP contribution >= 0.6 is 0 Å². The van der Waals surface area contributed by atoms with Gasteiger partial charge < -0.3 is 21.5 Å². The van der Waals surface area contributed by atoms with Gasteiger partial charge in [0, 0.05) is 0 Å². The van der Waals surface area contributed by atoms with Gasteiger partial charge in [0.15, 0.2) is 0 Å². The van der Waals surface area contributed by atoms with Crippen LogP contribution in [0.1, 0.15) is 27.7 Å². The Morgan fingerprint density at radius 2 is 1.38 bits per heavy atom. The molecule has 0 fully saturated rings. The van der Waals surface area contributed by atoms with Gasteiger partial charge in [-0.1, -0.05) is 0 Å². The van der Waals surface area contributed by atoms with Gasteiger partial charge in [0.1, 0.15) is 11.1 Å². The number of hydrogen-bond acceptors (Lipinski definition) is 3. The third kappa shape index (κ3) is 3.76. The van der Waals surface area contributed by atoms with Crippen LogP contribution in [0.3, 0.4) is 0 Å². The van der Waals surface area contributed by atoms with Crippen LogP contribution in [0.5, 0.6) is 0 Å². The summed E-state index contributed by atoms with van der Waals surface area (Å²) >= 11 is 0. The number of carboxylic acids is 1. The van der Waals surface area contributed by atoms with Gasteiger partial charge in [-0.2, -0.15) is 0 Å². The van der Waals surface area contributed by atoms with Crippen molar-refractivity contribution in [2.24, 2.45) is 5.73 Å². The third-order valence-corrected chi connectivity index (χ3v) is 2.00. The monoisotopic (exact) mass is 231 g/mol. The molecule has 0 spiro atoms. The summed E-state index contributed by atoms with van der Waals surface area (Å²) in [6.07, 6.45) is 0. The Hall–Kier alpha value is -1.79. The van der Waals surface area contributed by atoms with Gasteiger partial charge in [-0.05, 0) is 27.7 Å². The molecule has 7 heteroatoms. The SMILES string of the molecule is CC(C)(NC(=O)NC(C)(C)C(=O)O)C(N)=O. The van der Waals surface area contributed by atoms with Gasteiger partial charge in [0.2, 0.25) is 5.91 Å². The van der Waals surface area contributed by atoms with Crippen LogP contribution in [0.15, 0.2) is 0 Å². The van der Waals surface area contributed by atoms with E-state index in [-0.39, 0.29) is 0 Å². The maximum atomic E-state index is 11.4.